The van der Waals surface area contributed by atoms with Crippen LogP contribution in [0.2, 0.25) is 5.02 Å². The second-order valence-corrected chi connectivity index (χ2v) is 7.56. The van der Waals surface area contributed by atoms with E-state index in [1.165, 1.54) is 6.08 Å². The Morgan fingerprint density at radius 2 is 1.96 bits per heavy atom. The van der Waals surface area contributed by atoms with Gasteiger partial charge in [0.1, 0.15) is 23.2 Å². The summed E-state index contributed by atoms with van der Waals surface area (Å²) in [6, 6.07) is 16.5. The SMILES string of the molecule is Cc1ccc(-c2ccc(/C=C(\C#N)C(=O)Nc3cc(Cl)ccc3C)o2)c(Br)c1. The Balaban J connectivity index is 1.85. The van der Waals surface area contributed by atoms with E-state index >= 15 is 0 Å². The van der Waals surface area contributed by atoms with E-state index in [1.807, 2.05) is 38.1 Å². The van der Waals surface area contributed by atoms with Crippen LogP contribution in [-0.2, 0) is 4.79 Å². The summed E-state index contributed by atoms with van der Waals surface area (Å²) in [5.74, 6) is 0.529. The maximum absolute atomic E-state index is 12.5. The molecule has 0 fully saturated rings. The largest absolute Gasteiger partial charge is 0.457 e. The molecule has 1 aromatic heterocycles. The highest BCUT2D eigenvalue weighted by Gasteiger charge is 2.13. The third kappa shape index (κ3) is 4.53. The zero-order valence-electron chi connectivity index (χ0n) is 15.2. The second-order valence-electron chi connectivity index (χ2n) is 6.27. The number of amides is 1. The van der Waals surface area contributed by atoms with Crippen molar-refractivity contribution in [2.24, 2.45) is 0 Å². The monoisotopic (exact) mass is 454 g/mol. The quantitative estimate of drug-likeness (QED) is 0.359. The van der Waals surface area contributed by atoms with Crippen molar-refractivity contribution in [1.82, 2.24) is 0 Å². The number of anilines is 1. The molecule has 0 bridgehead atoms. The van der Waals surface area contributed by atoms with E-state index in [0.717, 1.165) is 21.2 Å². The number of benzene rings is 2. The van der Waals surface area contributed by atoms with Crippen molar-refractivity contribution >= 4 is 45.2 Å². The summed E-state index contributed by atoms with van der Waals surface area (Å²) in [5.41, 5.74) is 3.36. The van der Waals surface area contributed by atoms with Crippen molar-refractivity contribution in [3.63, 3.8) is 0 Å². The van der Waals surface area contributed by atoms with Crippen molar-refractivity contribution in [3.8, 4) is 17.4 Å². The number of aryl methyl sites for hydroxylation is 2. The van der Waals surface area contributed by atoms with E-state index in [0.29, 0.717) is 22.2 Å². The standard InChI is InChI=1S/C22H16BrClN2O2/c1-13-3-7-18(19(23)9-13)21-8-6-17(28-21)10-15(12-25)22(27)26-20-11-16(24)5-4-14(20)2/h3-11H,1-2H3,(H,26,27)/b15-10+. The van der Waals surface area contributed by atoms with Gasteiger partial charge in [0, 0.05) is 26.8 Å². The number of nitrogens with zero attached hydrogens (tertiary/aromatic N) is 1. The Hall–Kier alpha value is -2.81. The van der Waals surface area contributed by atoms with Gasteiger partial charge in [-0.05, 0) is 61.4 Å². The number of carbonyl (C=O) groups is 1. The molecule has 1 heterocycles. The number of rotatable bonds is 4. The zero-order valence-corrected chi connectivity index (χ0v) is 17.6. The lowest BCUT2D eigenvalue weighted by molar-refractivity contribution is -0.112. The Bertz CT molecular complexity index is 1130. The number of carbonyl (C=O) groups excluding carboxylic acids is 1. The molecule has 0 aliphatic carbocycles. The van der Waals surface area contributed by atoms with Gasteiger partial charge in [-0.3, -0.25) is 4.79 Å². The van der Waals surface area contributed by atoms with E-state index in [-0.39, 0.29) is 5.57 Å². The van der Waals surface area contributed by atoms with Crippen molar-refractivity contribution in [1.29, 1.82) is 5.26 Å². The molecule has 3 rings (SSSR count). The lowest BCUT2D eigenvalue weighted by Crippen LogP contribution is -2.14. The van der Waals surface area contributed by atoms with Crippen molar-refractivity contribution < 1.29 is 9.21 Å². The molecular formula is C22H16BrClN2O2. The van der Waals surface area contributed by atoms with Crippen LogP contribution in [0, 0.1) is 25.2 Å². The van der Waals surface area contributed by atoms with Gasteiger partial charge in [-0.15, -0.1) is 0 Å². The minimum absolute atomic E-state index is 0.0664. The summed E-state index contributed by atoms with van der Waals surface area (Å²) in [4.78, 5) is 12.5. The Labute approximate surface area is 176 Å². The maximum Gasteiger partial charge on any atom is 0.266 e. The highest BCUT2D eigenvalue weighted by atomic mass is 79.9. The van der Waals surface area contributed by atoms with Crippen LogP contribution in [0.5, 0.6) is 0 Å². The van der Waals surface area contributed by atoms with Crippen molar-refractivity contribution in [2.45, 2.75) is 13.8 Å². The van der Waals surface area contributed by atoms with E-state index in [9.17, 15) is 10.1 Å². The number of hydrogen-bond acceptors (Lipinski definition) is 3. The fourth-order valence-corrected chi connectivity index (χ4v) is 3.47. The smallest absolute Gasteiger partial charge is 0.266 e. The van der Waals surface area contributed by atoms with E-state index < -0.39 is 5.91 Å². The first-order valence-electron chi connectivity index (χ1n) is 8.43. The Morgan fingerprint density at radius 3 is 2.68 bits per heavy atom. The molecule has 3 aromatic rings. The molecule has 0 unspecified atom stereocenters. The molecule has 0 aliphatic heterocycles. The van der Waals surface area contributed by atoms with Gasteiger partial charge >= 0.3 is 0 Å². The molecule has 0 atom stereocenters. The van der Waals surface area contributed by atoms with E-state index in [4.69, 9.17) is 16.0 Å². The van der Waals surface area contributed by atoms with Crippen molar-refractivity contribution in [2.75, 3.05) is 5.32 Å². The van der Waals surface area contributed by atoms with Crippen LogP contribution < -0.4 is 5.32 Å². The van der Waals surface area contributed by atoms with Gasteiger partial charge in [-0.25, -0.2) is 0 Å². The predicted molar refractivity (Wildman–Crippen MR) is 115 cm³/mol. The summed E-state index contributed by atoms with van der Waals surface area (Å²) in [7, 11) is 0. The van der Waals surface area contributed by atoms with Crippen molar-refractivity contribution in [3.05, 3.63) is 80.5 Å². The molecule has 28 heavy (non-hydrogen) atoms. The lowest BCUT2D eigenvalue weighted by Gasteiger charge is -2.08. The summed E-state index contributed by atoms with van der Waals surface area (Å²) in [5, 5.41) is 12.6. The minimum Gasteiger partial charge on any atom is -0.457 e. The van der Waals surface area contributed by atoms with E-state index in [1.54, 1.807) is 30.3 Å². The number of halogens is 2. The molecule has 0 radical (unpaired) electrons. The Kier molecular flexibility index (Phi) is 6.03. The molecule has 0 aliphatic rings. The van der Waals surface area contributed by atoms with Crippen LogP contribution in [0.25, 0.3) is 17.4 Å². The molecule has 140 valence electrons. The molecule has 1 amide bonds. The number of furan rings is 1. The number of hydrogen-bond donors (Lipinski definition) is 1. The summed E-state index contributed by atoms with van der Waals surface area (Å²) < 4.78 is 6.72. The van der Waals surface area contributed by atoms with Gasteiger partial charge in [0.05, 0.1) is 0 Å². The Morgan fingerprint density at radius 1 is 1.18 bits per heavy atom. The molecule has 2 aromatic carbocycles. The summed E-state index contributed by atoms with van der Waals surface area (Å²) in [6.45, 7) is 3.85. The third-order valence-corrected chi connectivity index (χ3v) is 5.01. The van der Waals surface area contributed by atoms with Gasteiger partial charge in [0.25, 0.3) is 5.91 Å². The lowest BCUT2D eigenvalue weighted by atomic mass is 10.1. The fourth-order valence-electron chi connectivity index (χ4n) is 2.60. The van der Waals surface area contributed by atoms with Crippen LogP contribution in [0.3, 0.4) is 0 Å². The molecule has 6 heteroatoms. The highest BCUT2D eigenvalue weighted by molar-refractivity contribution is 9.10. The van der Waals surface area contributed by atoms with Crippen LogP contribution in [0.15, 0.2) is 63.0 Å². The number of nitrogens with one attached hydrogen (secondary N) is 1. The fraction of sp³-hybridized carbons (Fsp3) is 0.0909. The van der Waals surface area contributed by atoms with E-state index in [2.05, 4.69) is 21.2 Å². The van der Waals surface area contributed by atoms with Crippen LogP contribution in [-0.4, -0.2) is 5.91 Å². The van der Waals surface area contributed by atoms with Crippen LogP contribution in [0.4, 0.5) is 5.69 Å². The van der Waals surface area contributed by atoms with Gasteiger partial charge < -0.3 is 9.73 Å². The van der Waals surface area contributed by atoms with Gasteiger partial charge in [0.15, 0.2) is 0 Å². The second kappa shape index (κ2) is 8.47. The molecule has 0 saturated heterocycles. The maximum atomic E-state index is 12.5. The topological polar surface area (TPSA) is 66.0 Å². The average molecular weight is 456 g/mol. The normalized spacial score (nSPS) is 11.2. The first-order chi connectivity index (χ1) is 13.4. The summed E-state index contributed by atoms with van der Waals surface area (Å²) >= 11 is 9.50. The highest BCUT2D eigenvalue weighted by Crippen LogP contribution is 2.31. The predicted octanol–water partition coefficient (Wildman–Crippen LogP) is 6.53. The molecule has 0 saturated carbocycles. The average Bonchev–Trinajstić information content (AvgIpc) is 3.11. The van der Waals surface area contributed by atoms with Gasteiger partial charge in [-0.1, -0.05) is 39.7 Å². The van der Waals surface area contributed by atoms with Crippen LogP contribution >= 0.6 is 27.5 Å². The van der Waals surface area contributed by atoms with Crippen LogP contribution in [0.1, 0.15) is 16.9 Å². The first kappa shape index (κ1) is 19.9. The summed E-state index contributed by atoms with van der Waals surface area (Å²) in [6.07, 6.45) is 1.42. The molecule has 0 spiro atoms. The van der Waals surface area contributed by atoms with Gasteiger partial charge in [0.2, 0.25) is 0 Å². The molecular weight excluding hydrogens is 440 g/mol. The zero-order chi connectivity index (χ0) is 20.3. The number of nitriles is 1. The first-order valence-corrected chi connectivity index (χ1v) is 9.60. The molecule has 1 N–H and O–H groups in total. The van der Waals surface area contributed by atoms with Gasteiger partial charge in [-0.2, -0.15) is 5.26 Å². The molecule has 4 nitrogen and oxygen atoms in total. The minimum atomic E-state index is -0.526. The third-order valence-electron chi connectivity index (χ3n) is 4.12.